The Labute approximate surface area is 127 Å². The van der Waals surface area contributed by atoms with Crippen molar-refractivity contribution in [3.63, 3.8) is 0 Å². The standard InChI is InChI=1S/C13H17ClFNO4S/c1-4-10(7-20-3)16-13(17)9-5-8(2)12(15)11(6-9)21(14,18)19/h5-6,10H,4,7H2,1-3H3,(H,16,17). The quantitative estimate of drug-likeness (QED) is 0.808. The van der Waals surface area contributed by atoms with Crippen LogP contribution in [0.4, 0.5) is 4.39 Å². The van der Waals surface area contributed by atoms with E-state index >= 15 is 0 Å². The van der Waals surface area contributed by atoms with Gasteiger partial charge in [0.15, 0.2) is 0 Å². The largest absolute Gasteiger partial charge is 0.383 e. The number of ether oxygens (including phenoxy) is 1. The highest BCUT2D eigenvalue weighted by atomic mass is 35.7. The molecule has 0 radical (unpaired) electrons. The number of benzene rings is 1. The van der Waals surface area contributed by atoms with Crippen LogP contribution in [-0.4, -0.2) is 34.1 Å². The van der Waals surface area contributed by atoms with Gasteiger partial charge in [0.1, 0.15) is 10.7 Å². The highest BCUT2D eigenvalue weighted by Crippen LogP contribution is 2.23. The molecule has 1 aromatic carbocycles. The minimum Gasteiger partial charge on any atom is -0.383 e. The molecule has 8 heteroatoms. The maximum absolute atomic E-state index is 13.8. The van der Waals surface area contributed by atoms with Crippen LogP contribution in [0.3, 0.4) is 0 Å². The fraction of sp³-hybridized carbons (Fsp3) is 0.462. The first-order valence-electron chi connectivity index (χ1n) is 6.25. The van der Waals surface area contributed by atoms with E-state index in [4.69, 9.17) is 15.4 Å². The Hall–Kier alpha value is -1.18. The predicted octanol–water partition coefficient (Wildman–Crippen LogP) is 2.22. The molecule has 0 saturated carbocycles. The van der Waals surface area contributed by atoms with Crippen LogP contribution in [0.1, 0.15) is 29.3 Å². The number of carbonyl (C=O) groups excluding carboxylic acids is 1. The van der Waals surface area contributed by atoms with Crippen LogP contribution in [-0.2, 0) is 13.8 Å². The molecule has 0 heterocycles. The van der Waals surface area contributed by atoms with Crippen molar-refractivity contribution >= 4 is 25.6 Å². The van der Waals surface area contributed by atoms with Gasteiger partial charge in [0, 0.05) is 23.4 Å². The van der Waals surface area contributed by atoms with Crippen molar-refractivity contribution < 1.29 is 22.3 Å². The third-order valence-electron chi connectivity index (χ3n) is 2.94. The lowest BCUT2D eigenvalue weighted by atomic mass is 10.1. The second-order valence-corrected chi connectivity index (χ2v) is 7.11. The van der Waals surface area contributed by atoms with E-state index in [-0.39, 0.29) is 17.2 Å². The minimum atomic E-state index is -4.26. The molecule has 1 unspecified atom stereocenters. The Morgan fingerprint density at radius 3 is 2.57 bits per heavy atom. The van der Waals surface area contributed by atoms with E-state index in [9.17, 15) is 17.6 Å². The average molecular weight is 338 g/mol. The molecule has 21 heavy (non-hydrogen) atoms. The van der Waals surface area contributed by atoms with Gasteiger partial charge in [-0.05, 0) is 31.0 Å². The van der Waals surface area contributed by atoms with E-state index in [0.717, 1.165) is 6.07 Å². The van der Waals surface area contributed by atoms with Gasteiger partial charge in [-0.25, -0.2) is 12.8 Å². The van der Waals surface area contributed by atoms with Gasteiger partial charge in [0.2, 0.25) is 0 Å². The van der Waals surface area contributed by atoms with Crippen LogP contribution >= 0.6 is 10.7 Å². The number of amides is 1. The first kappa shape index (κ1) is 17.9. The Kier molecular flexibility index (Phi) is 6.12. The van der Waals surface area contributed by atoms with Crippen molar-refractivity contribution in [2.75, 3.05) is 13.7 Å². The highest BCUT2D eigenvalue weighted by Gasteiger charge is 2.22. The summed E-state index contributed by atoms with van der Waals surface area (Å²) in [6, 6.07) is 1.99. The molecule has 0 aliphatic carbocycles. The van der Waals surface area contributed by atoms with Crippen molar-refractivity contribution in [3.05, 3.63) is 29.1 Å². The van der Waals surface area contributed by atoms with E-state index in [2.05, 4.69) is 5.32 Å². The molecule has 1 N–H and O–H groups in total. The molecule has 0 aliphatic rings. The fourth-order valence-electron chi connectivity index (χ4n) is 1.78. The lowest BCUT2D eigenvalue weighted by Crippen LogP contribution is -2.37. The van der Waals surface area contributed by atoms with Gasteiger partial charge in [-0.15, -0.1) is 0 Å². The van der Waals surface area contributed by atoms with E-state index < -0.39 is 25.7 Å². The number of aryl methyl sites for hydroxylation is 1. The molecule has 0 aliphatic heterocycles. The van der Waals surface area contributed by atoms with Gasteiger partial charge in [-0.1, -0.05) is 6.92 Å². The van der Waals surface area contributed by atoms with Gasteiger partial charge >= 0.3 is 0 Å². The number of nitrogens with one attached hydrogen (secondary N) is 1. The van der Waals surface area contributed by atoms with Crippen molar-refractivity contribution in [1.29, 1.82) is 0 Å². The molecule has 0 bridgehead atoms. The number of hydrogen-bond donors (Lipinski definition) is 1. The van der Waals surface area contributed by atoms with Gasteiger partial charge in [0.05, 0.1) is 12.6 Å². The summed E-state index contributed by atoms with van der Waals surface area (Å²) in [4.78, 5) is 11.4. The zero-order chi connectivity index (χ0) is 16.2. The van der Waals surface area contributed by atoms with Crippen LogP contribution in [0, 0.1) is 12.7 Å². The number of methoxy groups -OCH3 is 1. The first-order chi connectivity index (χ1) is 9.70. The van der Waals surface area contributed by atoms with Crippen LogP contribution in [0.25, 0.3) is 0 Å². The van der Waals surface area contributed by atoms with E-state index in [0.29, 0.717) is 13.0 Å². The molecule has 1 atom stereocenters. The molecule has 1 amide bonds. The summed E-state index contributed by atoms with van der Waals surface area (Å²) in [6.45, 7) is 3.56. The molecule has 1 rings (SSSR count). The SMILES string of the molecule is CCC(COC)NC(=O)c1cc(C)c(F)c(S(=O)(=O)Cl)c1. The maximum Gasteiger partial charge on any atom is 0.264 e. The van der Waals surface area contributed by atoms with Crippen LogP contribution in [0.5, 0.6) is 0 Å². The lowest BCUT2D eigenvalue weighted by molar-refractivity contribution is 0.0894. The number of carbonyl (C=O) groups is 1. The van der Waals surface area contributed by atoms with Gasteiger partial charge in [0.25, 0.3) is 15.0 Å². The third-order valence-corrected chi connectivity index (χ3v) is 4.26. The highest BCUT2D eigenvalue weighted by molar-refractivity contribution is 8.13. The fourth-order valence-corrected chi connectivity index (χ4v) is 2.76. The summed E-state index contributed by atoms with van der Waals surface area (Å²) in [7, 11) is 2.42. The van der Waals surface area contributed by atoms with E-state index in [1.165, 1.54) is 20.1 Å². The summed E-state index contributed by atoms with van der Waals surface area (Å²) in [5.74, 6) is -1.46. The topological polar surface area (TPSA) is 72.5 Å². The summed E-state index contributed by atoms with van der Waals surface area (Å²) in [6.07, 6.45) is 0.639. The summed E-state index contributed by atoms with van der Waals surface area (Å²) in [5, 5.41) is 2.68. The molecule has 0 spiro atoms. The first-order valence-corrected chi connectivity index (χ1v) is 8.56. The van der Waals surface area contributed by atoms with Crippen molar-refractivity contribution in [2.45, 2.75) is 31.2 Å². The van der Waals surface area contributed by atoms with E-state index in [1.54, 1.807) is 0 Å². The van der Waals surface area contributed by atoms with E-state index in [1.807, 2.05) is 6.92 Å². The van der Waals surface area contributed by atoms with Crippen LogP contribution in [0.2, 0.25) is 0 Å². The van der Waals surface area contributed by atoms with Gasteiger partial charge in [-0.3, -0.25) is 4.79 Å². The average Bonchev–Trinajstić information content (AvgIpc) is 2.39. The second kappa shape index (κ2) is 7.20. The second-order valence-electron chi connectivity index (χ2n) is 4.58. The Balaban J connectivity index is 3.14. The predicted molar refractivity (Wildman–Crippen MR) is 77.6 cm³/mol. The summed E-state index contributed by atoms with van der Waals surface area (Å²) >= 11 is 0. The third kappa shape index (κ3) is 4.66. The van der Waals surface area contributed by atoms with Crippen molar-refractivity contribution in [3.8, 4) is 0 Å². The van der Waals surface area contributed by atoms with Crippen LogP contribution < -0.4 is 5.32 Å². The Morgan fingerprint density at radius 1 is 1.48 bits per heavy atom. The monoisotopic (exact) mass is 337 g/mol. The molecule has 0 aromatic heterocycles. The lowest BCUT2D eigenvalue weighted by Gasteiger charge is -2.16. The zero-order valence-corrected chi connectivity index (χ0v) is 13.5. The summed E-state index contributed by atoms with van der Waals surface area (Å²) < 4.78 is 41.4. The Bertz CT molecular complexity index is 633. The molecular weight excluding hydrogens is 321 g/mol. The van der Waals surface area contributed by atoms with Gasteiger partial charge < -0.3 is 10.1 Å². The zero-order valence-electron chi connectivity index (χ0n) is 11.9. The number of hydrogen-bond acceptors (Lipinski definition) is 4. The number of halogens is 2. The minimum absolute atomic E-state index is 0.0293. The van der Waals surface area contributed by atoms with Crippen molar-refractivity contribution in [1.82, 2.24) is 5.32 Å². The molecule has 1 aromatic rings. The summed E-state index contributed by atoms with van der Waals surface area (Å²) in [5.41, 5.74) is 0.0596. The van der Waals surface area contributed by atoms with Crippen LogP contribution in [0.15, 0.2) is 17.0 Å². The molecule has 0 saturated heterocycles. The maximum atomic E-state index is 13.8. The van der Waals surface area contributed by atoms with Crippen molar-refractivity contribution in [2.24, 2.45) is 0 Å². The molecule has 0 fully saturated rings. The smallest absolute Gasteiger partial charge is 0.264 e. The van der Waals surface area contributed by atoms with Gasteiger partial charge in [-0.2, -0.15) is 0 Å². The molecule has 5 nitrogen and oxygen atoms in total. The molecular formula is C13H17ClFNO4S. The normalized spacial score (nSPS) is 13.0. The molecule has 118 valence electrons. The Morgan fingerprint density at radius 2 is 2.10 bits per heavy atom. The number of rotatable bonds is 6.